The highest BCUT2D eigenvalue weighted by molar-refractivity contribution is 6.30. The van der Waals surface area contributed by atoms with Crippen molar-refractivity contribution in [3.05, 3.63) is 69.7 Å². The molecule has 0 bridgehead atoms. The third-order valence-corrected chi connectivity index (χ3v) is 3.57. The van der Waals surface area contributed by atoms with E-state index >= 15 is 0 Å². The van der Waals surface area contributed by atoms with Gasteiger partial charge in [0.25, 0.3) is 0 Å². The van der Waals surface area contributed by atoms with Gasteiger partial charge in [-0.3, -0.25) is 0 Å². The Kier molecular flexibility index (Phi) is 4.05. The Morgan fingerprint density at radius 3 is 2.33 bits per heavy atom. The second-order valence-electron chi connectivity index (χ2n) is 4.70. The van der Waals surface area contributed by atoms with Gasteiger partial charge in [0.1, 0.15) is 0 Å². The molecule has 0 saturated carbocycles. The first-order valence-corrected chi connectivity index (χ1v) is 6.52. The molecule has 94 valence electrons. The molecule has 0 amide bonds. The molecule has 0 radical (unpaired) electrons. The molecule has 0 heterocycles. The van der Waals surface area contributed by atoms with E-state index in [1.165, 1.54) is 22.3 Å². The van der Waals surface area contributed by atoms with E-state index in [1.54, 1.807) is 0 Å². The third kappa shape index (κ3) is 2.74. The minimum absolute atomic E-state index is 0.238. The number of rotatable bonds is 3. The van der Waals surface area contributed by atoms with Gasteiger partial charge in [-0.1, -0.05) is 47.5 Å². The maximum absolute atomic E-state index is 5.96. The Bertz CT molecular complexity index is 531. The fourth-order valence-electron chi connectivity index (χ4n) is 2.27. The van der Waals surface area contributed by atoms with E-state index in [2.05, 4.69) is 44.2 Å². The minimum atomic E-state index is 0.238. The zero-order valence-electron chi connectivity index (χ0n) is 10.8. The Morgan fingerprint density at radius 1 is 1.06 bits per heavy atom. The molecule has 0 aliphatic rings. The molecule has 1 unspecified atom stereocenters. The Labute approximate surface area is 114 Å². The number of aryl methyl sites for hydroxylation is 2. The zero-order chi connectivity index (χ0) is 13.1. The van der Waals surface area contributed by atoms with Gasteiger partial charge in [-0.15, -0.1) is 0 Å². The molecule has 0 spiro atoms. The van der Waals surface area contributed by atoms with Crippen LogP contribution in [0.2, 0.25) is 5.02 Å². The quantitative estimate of drug-likeness (QED) is 0.884. The third-order valence-electron chi connectivity index (χ3n) is 3.32. The lowest BCUT2D eigenvalue weighted by Gasteiger charge is -2.19. The van der Waals surface area contributed by atoms with Crippen molar-refractivity contribution in [3.8, 4) is 0 Å². The van der Waals surface area contributed by atoms with E-state index in [0.29, 0.717) is 6.54 Å². The van der Waals surface area contributed by atoms with E-state index in [1.807, 2.05) is 12.1 Å². The van der Waals surface area contributed by atoms with Crippen LogP contribution in [0.4, 0.5) is 0 Å². The van der Waals surface area contributed by atoms with Gasteiger partial charge in [-0.2, -0.15) is 0 Å². The van der Waals surface area contributed by atoms with Gasteiger partial charge < -0.3 is 5.73 Å². The SMILES string of the molecule is Cc1ccc(C)c(C(CN)c2ccc(Cl)cc2)c1. The van der Waals surface area contributed by atoms with Gasteiger partial charge in [0.15, 0.2) is 0 Å². The lowest BCUT2D eigenvalue weighted by atomic mass is 9.88. The first-order chi connectivity index (χ1) is 8.61. The summed E-state index contributed by atoms with van der Waals surface area (Å²) in [5, 5.41) is 0.760. The molecular formula is C16H18ClN. The second-order valence-corrected chi connectivity index (χ2v) is 5.14. The predicted molar refractivity (Wildman–Crippen MR) is 78.3 cm³/mol. The van der Waals surface area contributed by atoms with Gasteiger partial charge in [0.05, 0.1) is 0 Å². The lowest BCUT2D eigenvalue weighted by molar-refractivity contribution is 0.811. The van der Waals surface area contributed by atoms with Crippen LogP contribution in [0.3, 0.4) is 0 Å². The summed E-state index contributed by atoms with van der Waals surface area (Å²) in [5.74, 6) is 0.238. The zero-order valence-corrected chi connectivity index (χ0v) is 11.5. The Balaban J connectivity index is 2.44. The molecule has 2 aromatic rings. The van der Waals surface area contributed by atoms with Crippen LogP contribution in [-0.4, -0.2) is 6.54 Å². The molecule has 2 rings (SSSR count). The summed E-state index contributed by atoms with van der Waals surface area (Å²) in [6, 6.07) is 14.5. The van der Waals surface area contributed by atoms with Crippen molar-refractivity contribution in [2.75, 3.05) is 6.54 Å². The summed E-state index contributed by atoms with van der Waals surface area (Å²) in [6.45, 7) is 4.84. The van der Waals surface area contributed by atoms with Crippen molar-refractivity contribution in [2.45, 2.75) is 19.8 Å². The van der Waals surface area contributed by atoms with Crippen LogP contribution in [0, 0.1) is 13.8 Å². The van der Waals surface area contributed by atoms with Crippen LogP contribution in [0.15, 0.2) is 42.5 Å². The molecule has 2 aromatic carbocycles. The number of benzene rings is 2. The van der Waals surface area contributed by atoms with Crippen LogP contribution in [-0.2, 0) is 0 Å². The van der Waals surface area contributed by atoms with E-state index < -0.39 is 0 Å². The normalized spacial score (nSPS) is 12.4. The fraction of sp³-hybridized carbons (Fsp3) is 0.250. The first-order valence-electron chi connectivity index (χ1n) is 6.14. The molecular weight excluding hydrogens is 242 g/mol. The van der Waals surface area contributed by atoms with E-state index in [4.69, 9.17) is 17.3 Å². The fourth-order valence-corrected chi connectivity index (χ4v) is 2.40. The summed E-state index contributed by atoms with van der Waals surface area (Å²) >= 11 is 5.93. The summed E-state index contributed by atoms with van der Waals surface area (Å²) in [6.07, 6.45) is 0. The molecule has 1 atom stereocenters. The molecule has 18 heavy (non-hydrogen) atoms. The molecule has 1 nitrogen and oxygen atoms in total. The lowest BCUT2D eigenvalue weighted by Crippen LogP contribution is -2.15. The molecule has 2 N–H and O–H groups in total. The molecule has 0 aromatic heterocycles. The average molecular weight is 260 g/mol. The number of hydrogen-bond acceptors (Lipinski definition) is 1. The van der Waals surface area contributed by atoms with Crippen molar-refractivity contribution < 1.29 is 0 Å². The summed E-state index contributed by atoms with van der Waals surface area (Å²) in [5.41, 5.74) is 11.0. The molecule has 0 aliphatic heterocycles. The summed E-state index contributed by atoms with van der Waals surface area (Å²) < 4.78 is 0. The van der Waals surface area contributed by atoms with Crippen LogP contribution in [0.1, 0.15) is 28.2 Å². The second kappa shape index (κ2) is 5.55. The van der Waals surface area contributed by atoms with Gasteiger partial charge >= 0.3 is 0 Å². The van der Waals surface area contributed by atoms with Crippen molar-refractivity contribution in [3.63, 3.8) is 0 Å². The molecule has 0 fully saturated rings. The van der Waals surface area contributed by atoms with Crippen molar-refractivity contribution in [1.29, 1.82) is 0 Å². The smallest absolute Gasteiger partial charge is 0.0406 e. The standard InChI is InChI=1S/C16H18ClN/c1-11-3-4-12(2)15(9-11)16(10-18)13-5-7-14(17)8-6-13/h3-9,16H,10,18H2,1-2H3. The van der Waals surface area contributed by atoms with Crippen molar-refractivity contribution in [1.82, 2.24) is 0 Å². The monoisotopic (exact) mass is 259 g/mol. The highest BCUT2D eigenvalue weighted by Crippen LogP contribution is 2.28. The van der Waals surface area contributed by atoms with Crippen LogP contribution < -0.4 is 5.73 Å². The molecule has 2 heteroatoms. The number of halogens is 1. The van der Waals surface area contributed by atoms with Gasteiger partial charge in [0.2, 0.25) is 0 Å². The minimum Gasteiger partial charge on any atom is -0.330 e. The van der Waals surface area contributed by atoms with Crippen LogP contribution in [0.5, 0.6) is 0 Å². The Hall–Kier alpha value is -1.31. The van der Waals surface area contributed by atoms with Gasteiger partial charge in [0, 0.05) is 17.5 Å². The van der Waals surface area contributed by atoms with E-state index in [-0.39, 0.29) is 5.92 Å². The summed E-state index contributed by atoms with van der Waals surface area (Å²) in [4.78, 5) is 0. The van der Waals surface area contributed by atoms with E-state index in [9.17, 15) is 0 Å². The number of hydrogen-bond donors (Lipinski definition) is 1. The summed E-state index contributed by atoms with van der Waals surface area (Å²) in [7, 11) is 0. The molecule has 0 aliphatic carbocycles. The first kappa shape index (κ1) is 13.1. The van der Waals surface area contributed by atoms with Gasteiger partial charge in [-0.25, -0.2) is 0 Å². The van der Waals surface area contributed by atoms with Crippen molar-refractivity contribution >= 4 is 11.6 Å². The topological polar surface area (TPSA) is 26.0 Å². The van der Waals surface area contributed by atoms with Crippen LogP contribution >= 0.6 is 11.6 Å². The largest absolute Gasteiger partial charge is 0.330 e. The van der Waals surface area contributed by atoms with E-state index in [0.717, 1.165) is 5.02 Å². The highest BCUT2D eigenvalue weighted by Gasteiger charge is 2.14. The average Bonchev–Trinajstić information content (AvgIpc) is 2.37. The van der Waals surface area contributed by atoms with Gasteiger partial charge in [-0.05, 0) is 42.7 Å². The Morgan fingerprint density at radius 2 is 1.72 bits per heavy atom. The predicted octanol–water partition coefficient (Wildman–Crippen LogP) is 4.05. The highest BCUT2D eigenvalue weighted by atomic mass is 35.5. The maximum atomic E-state index is 5.96. The number of nitrogens with two attached hydrogens (primary N) is 1. The van der Waals surface area contributed by atoms with Crippen molar-refractivity contribution in [2.24, 2.45) is 5.73 Å². The van der Waals surface area contributed by atoms with Crippen LogP contribution in [0.25, 0.3) is 0 Å². The maximum Gasteiger partial charge on any atom is 0.0406 e. The molecule has 0 saturated heterocycles.